The van der Waals surface area contributed by atoms with Gasteiger partial charge in [0, 0.05) is 22.7 Å². The third-order valence-corrected chi connectivity index (χ3v) is 5.46. The maximum absolute atomic E-state index is 14.5. The summed E-state index contributed by atoms with van der Waals surface area (Å²) in [6, 6.07) is 10.6. The van der Waals surface area contributed by atoms with Gasteiger partial charge in [0.25, 0.3) is 0 Å². The number of nitrogens with zero attached hydrogens (tertiary/aromatic N) is 5. The molecule has 7 nitrogen and oxygen atoms in total. The van der Waals surface area contributed by atoms with Gasteiger partial charge in [-0.3, -0.25) is 4.98 Å². The van der Waals surface area contributed by atoms with Gasteiger partial charge in [-0.25, -0.2) is 14.1 Å². The number of aromatic nitrogens is 4. The molecule has 3 heterocycles. The molecule has 32 heavy (non-hydrogen) atoms. The SMILES string of the molecule is CC(=Nc1cc(C)n(C(C)(C)C#N)n1)c1c(O)[nH]c2cnc(-c3c(C)cccc3F)cc12. The summed E-state index contributed by atoms with van der Waals surface area (Å²) in [6.45, 7) is 9.00. The second-order valence-electron chi connectivity index (χ2n) is 8.32. The normalized spacial score (nSPS) is 12.3. The maximum atomic E-state index is 14.5. The molecule has 0 aliphatic rings. The van der Waals surface area contributed by atoms with Crippen molar-refractivity contribution < 1.29 is 9.50 Å². The smallest absolute Gasteiger partial charge is 0.198 e. The number of hydrogen-bond acceptors (Lipinski definition) is 5. The van der Waals surface area contributed by atoms with Gasteiger partial charge < -0.3 is 10.1 Å². The van der Waals surface area contributed by atoms with Crippen molar-refractivity contribution in [2.45, 2.75) is 40.2 Å². The van der Waals surface area contributed by atoms with Crippen molar-refractivity contribution in [2.75, 3.05) is 0 Å². The number of fused-ring (bicyclic) bond motifs is 1. The molecule has 0 aliphatic carbocycles. The molecular weight excluding hydrogens is 407 g/mol. The lowest BCUT2D eigenvalue weighted by Crippen LogP contribution is -2.26. The highest BCUT2D eigenvalue weighted by Crippen LogP contribution is 2.33. The standard InChI is InChI=1S/C24H23FN6O/c1-13-7-6-8-17(25)21(13)18-10-16-19(11-27-18)29-23(32)22(16)15(3)28-20-9-14(2)31(30-20)24(4,5)12-26/h6-11,29,32H,1-5H3. The van der Waals surface area contributed by atoms with Crippen LogP contribution in [-0.2, 0) is 5.54 Å². The molecule has 3 aromatic heterocycles. The topological polar surface area (TPSA) is 103 Å². The second kappa shape index (κ2) is 7.61. The fourth-order valence-corrected chi connectivity index (χ4v) is 3.89. The van der Waals surface area contributed by atoms with E-state index in [1.165, 1.54) is 6.07 Å². The van der Waals surface area contributed by atoms with Crippen molar-refractivity contribution in [3.8, 4) is 23.2 Å². The number of nitrogens with one attached hydrogen (secondary N) is 1. The Bertz CT molecular complexity index is 1400. The number of H-pyrrole nitrogens is 1. The number of hydrogen-bond donors (Lipinski definition) is 2. The fourth-order valence-electron chi connectivity index (χ4n) is 3.89. The molecule has 0 unspecified atom stereocenters. The average molecular weight is 430 g/mol. The first-order valence-corrected chi connectivity index (χ1v) is 10.1. The molecule has 0 aliphatic heterocycles. The largest absolute Gasteiger partial charge is 0.494 e. The van der Waals surface area contributed by atoms with Crippen molar-refractivity contribution >= 4 is 22.4 Å². The van der Waals surface area contributed by atoms with Crippen LogP contribution in [0.4, 0.5) is 10.2 Å². The third-order valence-electron chi connectivity index (χ3n) is 5.46. The van der Waals surface area contributed by atoms with Crippen LogP contribution in [0.1, 0.15) is 37.6 Å². The number of aromatic amines is 1. The van der Waals surface area contributed by atoms with Crippen molar-refractivity contribution in [1.29, 1.82) is 5.26 Å². The summed E-state index contributed by atoms with van der Waals surface area (Å²) in [6.07, 6.45) is 1.57. The molecule has 4 aromatic rings. The number of pyridine rings is 1. The van der Waals surface area contributed by atoms with Crippen LogP contribution in [0.2, 0.25) is 0 Å². The van der Waals surface area contributed by atoms with Crippen LogP contribution >= 0.6 is 0 Å². The monoisotopic (exact) mass is 430 g/mol. The van der Waals surface area contributed by atoms with Gasteiger partial charge in [0.1, 0.15) is 11.4 Å². The Morgan fingerprint density at radius 3 is 2.72 bits per heavy atom. The Labute approximate surface area is 184 Å². The molecule has 2 N–H and O–H groups in total. The first-order chi connectivity index (χ1) is 15.1. The Kier molecular flexibility index (Phi) is 5.05. The summed E-state index contributed by atoms with van der Waals surface area (Å²) in [4.78, 5) is 11.9. The lowest BCUT2D eigenvalue weighted by atomic mass is 10.0. The van der Waals surface area contributed by atoms with Gasteiger partial charge in [0.05, 0.1) is 34.8 Å². The summed E-state index contributed by atoms with van der Waals surface area (Å²) < 4.78 is 16.1. The van der Waals surface area contributed by atoms with Crippen molar-refractivity contribution in [2.24, 2.45) is 4.99 Å². The molecule has 1 aromatic carbocycles. The van der Waals surface area contributed by atoms with E-state index in [9.17, 15) is 14.8 Å². The molecule has 8 heteroatoms. The summed E-state index contributed by atoms with van der Waals surface area (Å²) >= 11 is 0. The molecule has 0 amide bonds. The van der Waals surface area contributed by atoms with Crippen molar-refractivity contribution in [1.82, 2.24) is 19.7 Å². The van der Waals surface area contributed by atoms with E-state index in [4.69, 9.17) is 0 Å². The van der Waals surface area contributed by atoms with Crippen LogP contribution in [-0.4, -0.2) is 30.6 Å². The predicted octanol–water partition coefficient (Wildman–Crippen LogP) is 5.29. The van der Waals surface area contributed by atoms with Crippen molar-refractivity contribution in [3.63, 3.8) is 0 Å². The highest BCUT2D eigenvalue weighted by Gasteiger charge is 2.23. The van der Waals surface area contributed by atoms with Crippen LogP contribution in [0.3, 0.4) is 0 Å². The van der Waals surface area contributed by atoms with E-state index in [1.807, 2.05) is 19.9 Å². The molecular formula is C24H23FN6O. The van der Waals surface area contributed by atoms with E-state index >= 15 is 0 Å². The zero-order valence-corrected chi connectivity index (χ0v) is 18.5. The minimum Gasteiger partial charge on any atom is -0.494 e. The lowest BCUT2D eigenvalue weighted by molar-refractivity contribution is 0.410. The third kappa shape index (κ3) is 3.52. The minimum absolute atomic E-state index is 0.0565. The Balaban J connectivity index is 1.84. The van der Waals surface area contributed by atoms with Crippen LogP contribution in [0, 0.1) is 31.0 Å². The van der Waals surface area contributed by atoms with Gasteiger partial charge in [0.2, 0.25) is 0 Å². The van der Waals surface area contributed by atoms with Gasteiger partial charge in [-0.05, 0) is 52.3 Å². The van der Waals surface area contributed by atoms with E-state index < -0.39 is 5.54 Å². The molecule has 0 saturated carbocycles. The summed E-state index contributed by atoms with van der Waals surface area (Å²) in [5, 5.41) is 25.1. The van der Waals surface area contributed by atoms with Gasteiger partial charge in [0.15, 0.2) is 11.7 Å². The van der Waals surface area contributed by atoms with E-state index in [0.29, 0.717) is 39.3 Å². The number of benzene rings is 1. The van der Waals surface area contributed by atoms with E-state index in [2.05, 4.69) is 26.1 Å². The summed E-state index contributed by atoms with van der Waals surface area (Å²) in [5.74, 6) is 0.0138. The van der Waals surface area contributed by atoms with E-state index in [-0.39, 0.29) is 11.7 Å². The Morgan fingerprint density at radius 2 is 2.03 bits per heavy atom. The number of halogens is 1. The fraction of sp³-hybridized carbons (Fsp3) is 0.250. The molecule has 0 radical (unpaired) electrons. The first-order valence-electron chi connectivity index (χ1n) is 10.1. The van der Waals surface area contributed by atoms with Crippen molar-refractivity contribution in [3.05, 3.63) is 59.2 Å². The molecule has 0 atom stereocenters. The highest BCUT2D eigenvalue weighted by atomic mass is 19.1. The summed E-state index contributed by atoms with van der Waals surface area (Å²) in [5.41, 5.74) is 3.27. The van der Waals surface area contributed by atoms with Crippen LogP contribution in [0.15, 0.2) is 41.5 Å². The zero-order chi connectivity index (χ0) is 23.2. The highest BCUT2D eigenvalue weighted by molar-refractivity contribution is 6.13. The summed E-state index contributed by atoms with van der Waals surface area (Å²) in [7, 11) is 0. The average Bonchev–Trinajstić information content (AvgIpc) is 3.26. The number of aliphatic imine (C=N–C) groups is 1. The van der Waals surface area contributed by atoms with E-state index in [0.717, 1.165) is 11.3 Å². The van der Waals surface area contributed by atoms with Crippen LogP contribution in [0.25, 0.3) is 22.2 Å². The quantitative estimate of drug-likeness (QED) is 0.430. The van der Waals surface area contributed by atoms with Gasteiger partial charge >= 0.3 is 0 Å². The Morgan fingerprint density at radius 1 is 1.28 bits per heavy atom. The van der Waals surface area contributed by atoms with Gasteiger partial charge in [-0.1, -0.05) is 12.1 Å². The maximum Gasteiger partial charge on any atom is 0.198 e. The van der Waals surface area contributed by atoms with Crippen LogP contribution in [0.5, 0.6) is 5.88 Å². The number of aromatic hydroxyl groups is 1. The molecule has 0 saturated heterocycles. The van der Waals surface area contributed by atoms with Gasteiger partial charge in [-0.2, -0.15) is 10.4 Å². The Hall–Kier alpha value is -3.99. The van der Waals surface area contributed by atoms with Gasteiger partial charge in [-0.15, -0.1) is 0 Å². The molecule has 4 rings (SSSR count). The number of aryl methyl sites for hydroxylation is 2. The number of nitriles is 1. The second-order valence-corrected chi connectivity index (χ2v) is 8.32. The first kappa shape index (κ1) is 21.2. The molecule has 162 valence electrons. The minimum atomic E-state index is -0.813. The molecule has 0 spiro atoms. The predicted molar refractivity (Wildman–Crippen MR) is 122 cm³/mol. The molecule has 0 bridgehead atoms. The van der Waals surface area contributed by atoms with E-state index in [1.54, 1.807) is 49.8 Å². The lowest BCUT2D eigenvalue weighted by Gasteiger charge is -2.17. The molecule has 0 fully saturated rings. The zero-order valence-electron chi connectivity index (χ0n) is 18.5. The number of rotatable bonds is 4. The van der Waals surface area contributed by atoms with Crippen LogP contribution < -0.4 is 0 Å².